The molecule has 2 heterocycles. The van der Waals surface area contributed by atoms with Crippen LogP contribution in [0.25, 0.3) is 0 Å². The lowest BCUT2D eigenvalue weighted by molar-refractivity contribution is 0.582. The maximum atomic E-state index is 4.40. The first-order valence-electron chi connectivity index (χ1n) is 5.46. The number of aryl methyl sites for hydroxylation is 1. The molecule has 1 aliphatic rings. The lowest BCUT2D eigenvalue weighted by Crippen LogP contribution is -2.46. The molecule has 1 aromatic heterocycles. The zero-order valence-electron chi connectivity index (χ0n) is 10.5. The van der Waals surface area contributed by atoms with Gasteiger partial charge >= 0.3 is 0 Å². The fraction of sp³-hybridized carbons (Fsp3) is 0.455. The Labute approximate surface area is 105 Å². The first-order chi connectivity index (χ1) is 8.04. The summed E-state index contributed by atoms with van der Waals surface area (Å²) in [5.74, 6) is 1.57. The van der Waals surface area contributed by atoms with Crippen LogP contribution in [0.5, 0.6) is 0 Å². The molecule has 17 heavy (non-hydrogen) atoms. The number of guanidine groups is 2. The van der Waals surface area contributed by atoms with Crippen LogP contribution < -0.4 is 10.6 Å². The molecule has 0 aliphatic carbocycles. The van der Waals surface area contributed by atoms with E-state index in [9.17, 15) is 0 Å². The van der Waals surface area contributed by atoms with Crippen LogP contribution in [0.2, 0.25) is 0 Å². The van der Waals surface area contributed by atoms with E-state index in [0.29, 0.717) is 0 Å². The number of aliphatic imine (C=N–C) groups is 2. The Hall–Kier alpha value is -1.56. The first-order valence-corrected chi connectivity index (χ1v) is 6.34. The van der Waals surface area contributed by atoms with Crippen LogP contribution in [-0.4, -0.2) is 37.1 Å². The molecule has 1 unspecified atom stereocenters. The average Bonchev–Trinajstić information content (AvgIpc) is 2.63. The van der Waals surface area contributed by atoms with Crippen LogP contribution in [0.3, 0.4) is 0 Å². The van der Waals surface area contributed by atoms with Crippen LogP contribution in [0.4, 0.5) is 5.69 Å². The first kappa shape index (κ1) is 11.9. The Kier molecular flexibility index (Phi) is 3.33. The molecule has 0 spiro atoms. The molecule has 0 saturated heterocycles. The molecule has 0 bridgehead atoms. The molecule has 6 heteroatoms. The van der Waals surface area contributed by atoms with Gasteiger partial charge in [0.1, 0.15) is 6.17 Å². The molecule has 1 aliphatic heterocycles. The lowest BCUT2D eigenvalue weighted by Gasteiger charge is -2.24. The minimum Gasteiger partial charge on any atom is -0.349 e. The number of rotatable bonds is 1. The number of thiophene rings is 1. The largest absolute Gasteiger partial charge is 0.349 e. The summed E-state index contributed by atoms with van der Waals surface area (Å²) in [4.78, 5) is 12.0. The van der Waals surface area contributed by atoms with Crippen LogP contribution in [-0.2, 0) is 0 Å². The Bertz CT molecular complexity index is 460. The molecule has 0 fully saturated rings. The van der Waals surface area contributed by atoms with E-state index in [0.717, 1.165) is 17.6 Å². The van der Waals surface area contributed by atoms with E-state index in [4.69, 9.17) is 0 Å². The van der Waals surface area contributed by atoms with Crippen molar-refractivity contribution in [3.63, 3.8) is 0 Å². The van der Waals surface area contributed by atoms with Crippen molar-refractivity contribution in [2.75, 3.05) is 19.4 Å². The molecule has 92 valence electrons. The highest BCUT2D eigenvalue weighted by atomic mass is 32.1. The maximum absolute atomic E-state index is 4.40. The van der Waals surface area contributed by atoms with Gasteiger partial charge in [0.25, 0.3) is 0 Å². The van der Waals surface area contributed by atoms with Crippen molar-refractivity contribution in [3.8, 4) is 0 Å². The van der Waals surface area contributed by atoms with Crippen molar-refractivity contribution in [2.45, 2.75) is 20.0 Å². The smallest absolute Gasteiger partial charge is 0.204 e. The van der Waals surface area contributed by atoms with Crippen molar-refractivity contribution < 1.29 is 0 Å². The molecule has 5 nitrogen and oxygen atoms in total. The monoisotopic (exact) mass is 251 g/mol. The van der Waals surface area contributed by atoms with E-state index in [1.165, 1.54) is 4.88 Å². The molecular weight excluding hydrogens is 234 g/mol. The predicted octanol–water partition coefficient (Wildman–Crippen LogP) is 1.69. The van der Waals surface area contributed by atoms with Crippen molar-refractivity contribution in [3.05, 3.63) is 16.3 Å². The average molecular weight is 251 g/mol. The topological polar surface area (TPSA) is 52.0 Å². The second-order valence-electron chi connectivity index (χ2n) is 4.15. The van der Waals surface area contributed by atoms with Gasteiger partial charge < -0.3 is 10.2 Å². The minimum absolute atomic E-state index is 0.0594. The summed E-state index contributed by atoms with van der Waals surface area (Å²) in [5, 5.41) is 8.49. The molecule has 1 atom stereocenters. The highest BCUT2D eigenvalue weighted by Crippen LogP contribution is 2.18. The van der Waals surface area contributed by atoms with Crippen molar-refractivity contribution >= 4 is 28.9 Å². The summed E-state index contributed by atoms with van der Waals surface area (Å²) in [5.41, 5.74) is 1.06. The maximum Gasteiger partial charge on any atom is 0.204 e. The fourth-order valence-corrected chi connectivity index (χ4v) is 2.13. The molecule has 0 saturated carbocycles. The Morgan fingerprint density at radius 3 is 2.76 bits per heavy atom. The van der Waals surface area contributed by atoms with Gasteiger partial charge in [0.15, 0.2) is 0 Å². The standard InChI is InChI=1S/C11H17N5S/c1-7-5-9(6-17-7)14-10-12-8(2)13-11(15-10)16(3)4/h5-6,8H,1-4H3,(H2,12,13,14,15). The van der Waals surface area contributed by atoms with Gasteiger partial charge in [-0.15, -0.1) is 11.3 Å². The summed E-state index contributed by atoms with van der Waals surface area (Å²) in [6.07, 6.45) is -0.0594. The van der Waals surface area contributed by atoms with Crippen LogP contribution in [0.15, 0.2) is 21.4 Å². The van der Waals surface area contributed by atoms with Gasteiger partial charge in [-0.2, -0.15) is 0 Å². The zero-order chi connectivity index (χ0) is 12.4. The van der Waals surface area contributed by atoms with Gasteiger partial charge in [0.05, 0.1) is 5.69 Å². The predicted molar refractivity (Wildman–Crippen MR) is 73.8 cm³/mol. The number of nitrogens with zero attached hydrogens (tertiary/aromatic N) is 3. The third-order valence-corrected chi connectivity index (χ3v) is 3.13. The molecule has 0 amide bonds. The van der Waals surface area contributed by atoms with Crippen LogP contribution >= 0.6 is 11.3 Å². The highest BCUT2D eigenvalue weighted by Gasteiger charge is 2.14. The molecular formula is C11H17N5S. The van der Waals surface area contributed by atoms with Gasteiger partial charge in [-0.3, -0.25) is 5.32 Å². The van der Waals surface area contributed by atoms with E-state index in [2.05, 4.69) is 39.0 Å². The van der Waals surface area contributed by atoms with Gasteiger partial charge in [-0.1, -0.05) is 0 Å². The second kappa shape index (κ2) is 4.75. The third-order valence-electron chi connectivity index (χ3n) is 2.27. The van der Waals surface area contributed by atoms with Crippen molar-refractivity contribution in [1.82, 2.24) is 10.2 Å². The van der Waals surface area contributed by atoms with E-state index in [1.54, 1.807) is 11.3 Å². The van der Waals surface area contributed by atoms with E-state index >= 15 is 0 Å². The number of anilines is 1. The van der Waals surface area contributed by atoms with Gasteiger partial charge in [-0.05, 0) is 19.9 Å². The minimum atomic E-state index is -0.0594. The summed E-state index contributed by atoms with van der Waals surface area (Å²) in [7, 11) is 3.91. The van der Waals surface area contributed by atoms with Crippen LogP contribution in [0, 0.1) is 6.92 Å². The van der Waals surface area contributed by atoms with E-state index in [1.807, 2.05) is 25.9 Å². The fourth-order valence-electron chi connectivity index (χ4n) is 1.50. The van der Waals surface area contributed by atoms with Crippen molar-refractivity contribution in [1.29, 1.82) is 0 Å². The SMILES string of the molecule is Cc1cc(NC2=NC(C)N=C(N(C)C)N2)cs1. The summed E-state index contributed by atoms with van der Waals surface area (Å²) < 4.78 is 0. The molecule has 0 radical (unpaired) electrons. The van der Waals surface area contributed by atoms with Gasteiger partial charge in [-0.25, -0.2) is 9.98 Å². The zero-order valence-corrected chi connectivity index (χ0v) is 11.3. The molecule has 2 N–H and O–H groups in total. The quantitative estimate of drug-likeness (QED) is 0.798. The molecule has 1 aromatic rings. The number of hydrogen-bond acceptors (Lipinski definition) is 6. The van der Waals surface area contributed by atoms with Crippen LogP contribution in [0.1, 0.15) is 11.8 Å². The Balaban J connectivity index is 2.08. The normalized spacial score (nSPS) is 19.2. The third kappa shape index (κ3) is 2.97. The summed E-state index contributed by atoms with van der Waals surface area (Å²) >= 11 is 1.71. The number of hydrogen-bond donors (Lipinski definition) is 2. The van der Waals surface area contributed by atoms with Gasteiger partial charge in [0.2, 0.25) is 11.9 Å². The summed E-state index contributed by atoms with van der Waals surface area (Å²) in [6.45, 7) is 4.05. The lowest BCUT2D eigenvalue weighted by atomic mass is 10.4. The second-order valence-corrected chi connectivity index (χ2v) is 5.27. The van der Waals surface area contributed by atoms with E-state index < -0.39 is 0 Å². The number of nitrogens with one attached hydrogen (secondary N) is 2. The molecule has 0 aromatic carbocycles. The summed E-state index contributed by atoms with van der Waals surface area (Å²) in [6, 6.07) is 2.10. The van der Waals surface area contributed by atoms with Crippen molar-refractivity contribution in [2.24, 2.45) is 9.98 Å². The Morgan fingerprint density at radius 1 is 1.41 bits per heavy atom. The molecule has 2 rings (SSSR count). The Morgan fingerprint density at radius 2 is 2.18 bits per heavy atom. The van der Waals surface area contributed by atoms with Gasteiger partial charge in [0, 0.05) is 24.4 Å². The van der Waals surface area contributed by atoms with E-state index in [-0.39, 0.29) is 6.17 Å². The highest BCUT2D eigenvalue weighted by molar-refractivity contribution is 7.10.